The van der Waals surface area contributed by atoms with Crippen LogP contribution in [0.5, 0.6) is 0 Å². The Bertz CT molecular complexity index is 138. The zero-order chi connectivity index (χ0) is 10.5. The molecule has 0 aromatic rings. The zero-order valence-corrected chi connectivity index (χ0v) is 8.56. The molecule has 0 rings (SSSR count). The third kappa shape index (κ3) is 6.93. The van der Waals surface area contributed by atoms with E-state index in [1.807, 2.05) is 13.8 Å². The van der Waals surface area contributed by atoms with E-state index in [0.717, 1.165) is 6.42 Å². The summed E-state index contributed by atoms with van der Waals surface area (Å²) in [6.07, 6.45) is 0.211. The molecule has 0 saturated heterocycles. The first-order chi connectivity index (χ1) is 5.89. The van der Waals surface area contributed by atoms with Crippen molar-refractivity contribution in [3.63, 3.8) is 0 Å². The first-order valence-electron chi connectivity index (χ1n) is 4.82. The Kier molecular flexibility index (Phi) is 5.45. The molecule has 0 aromatic carbocycles. The third-order valence-corrected chi connectivity index (χ3v) is 2.18. The van der Waals surface area contributed by atoms with Crippen molar-refractivity contribution in [1.82, 2.24) is 4.90 Å². The second-order valence-electron chi connectivity index (χ2n) is 3.58. The summed E-state index contributed by atoms with van der Waals surface area (Å²) in [4.78, 5) is 1.47. The Morgan fingerprint density at radius 2 is 1.77 bits per heavy atom. The molecule has 5 heteroatoms. The molecule has 0 aliphatic carbocycles. The summed E-state index contributed by atoms with van der Waals surface area (Å²) in [5.41, 5.74) is 0. The molecule has 13 heavy (non-hydrogen) atoms. The van der Waals surface area contributed by atoms with Gasteiger partial charge in [0.2, 0.25) is 0 Å². The quantitative estimate of drug-likeness (QED) is 0.590. The Labute approximate surface area is 78.4 Å². The summed E-state index contributed by atoms with van der Waals surface area (Å²) in [7, 11) is 0. The van der Waals surface area contributed by atoms with Gasteiger partial charge in [0, 0.05) is 0 Å². The van der Waals surface area contributed by atoms with Crippen molar-refractivity contribution in [1.29, 1.82) is 0 Å². The van der Waals surface area contributed by atoms with Crippen LogP contribution >= 0.6 is 0 Å². The summed E-state index contributed by atoms with van der Waals surface area (Å²) >= 11 is 0. The van der Waals surface area contributed by atoms with Crippen molar-refractivity contribution in [3.8, 4) is 0 Å². The minimum Gasteiger partial charge on any atom is -0.448 e. The molecule has 0 heterocycles. The minimum atomic E-state index is -4.66. The van der Waals surface area contributed by atoms with Crippen LogP contribution in [-0.2, 0) is 0 Å². The van der Waals surface area contributed by atoms with Crippen molar-refractivity contribution < 1.29 is 12.9 Å². The van der Waals surface area contributed by atoms with Gasteiger partial charge in [-0.05, 0) is 25.5 Å². The Hall–Kier alpha value is -0.185. The predicted octanol–water partition coefficient (Wildman–Crippen LogP) is 2.74. The van der Waals surface area contributed by atoms with Gasteiger partial charge in [0.25, 0.3) is 0 Å². The van der Waals surface area contributed by atoms with E-state index in [4.69, 9.17) is 0 Å². The highest BCUT2D eigenvalue weighted by Crippen LogP contribution is 2.12. The fraction of sp³-hybridized carbons (Fsp3) is 1.00. The van der Waals surface area contributed by atoms with Crippen LogP contribution in [0.4, 0.5) is 12.9 Å². The molecule has 1 atom stereocenters. The Morgan fingerprint density at radius 3 is 2.08 bits per heavy atom. The van der Waals surface area contributed by atoms with E-state index < -0.39 is 13.4 Å². The minimum absolute atomic E-state index is 0.345. The molecular formula is C8H18BF3N-. The topological polar surface area (TPSA) is 3.24 Å². The van der Waals surface area contributed by atoms with Crippen LogP contribution in [-0.4, -0.2) is 31.4 Å². The maximum atomic E-state index is 12.1. The van der Waals surface area contributed by atoms with Crippen molar-refractivity contribution in [2.75, 3.05) is 19.5 Å². The molecule has 0 aliphatic rings. The monoisotopic (exact) mass is 196 g/mol. The lowest BCUT2D eigenvalue weighted by Gasteiger charge is -2.28. The van der Waals surface area contributed by atoms with Gasteiger partial charge < -0.3 is 17.8 Å². The molecule has 0 fully saturated rings. The van der Waals surface area contributed by atoms with Crippen molar-refractivity contribution in [3.05, 3.63) is 0 Å². The van der Waals surface area contributed by atoms with E-state index >= 15 is 0 Å². The van der Waals surface area contributed by atoms with E-state index in [2.05, 4.69) is 0 Å². The number of nitrogens with zero attached hydrogens (tertiary/aromatic N) is 1. The van der Waals surface area contributed by atoms with Gasteiger partial charge in [-0.3, -0.25) is 0 Å². The van der Waals surface area contributed by atoms with Crippen molar-refractivity contribution in [2.45, 2.75) is 27.2 Å². The van der Waals surface area contributed by atoms with E-state index in [9.17, 15) is 12.9 Å². The molecule has 80 valence electrons. The maximum Gasteiger partial charge on any atom is 0.492 e. The van der Waals surface area contributed by atoms with Gasteiger partial charge >= 0.3 is 6.98 Å². The summed E-state index contributed by atoms with van der Waals surface area (Å²) in [5, 5.41) is 0. The molecule has 0 saturated carbocycles. The average molecular weight is 196 g/mol. The number of hydrogen-bond acceptors (Lipinski definition) is 1. The van der Waals surface area contributed by atoms with Gasteiger partial charge in [0.1, 0.15) is 0 Å². The highest BCUT2D eigenvalue weighted by Gasteiger charge is 2.26. The first-order valence-corrected chi connectivity index (χ1v) is 4.82. The first kappa shape index (κ1) is 12.8. The molecule has 1 unspecified atom stereocenters. The van der Waals surface area contributed by atoms with Crippen molar-refractivity contribution in [2.24, 2.45) is 5.92 Å². The van der Waals surface area contributed by atoms with Gasteiger partial charge in [0.15, 0.2) is 0 Å². The van der Waals surface area contributed by atoms with Gasteiger partial charge in [-0.2, -0.15) is 0 Å². The van der Waals surface area contributed by atoms with Gasteiger partial charge in [0.05, 0.1) is 0 Å². The average Bonchev–Trinajstić information content (AvgIpc) is 2.00. The van der Waals surface area contributed by atoms with Crippen LogP contribution in [0, 0.1) is 5.92 Å². The van der Waals surface area contributed by atoms with Crippen LogP contribution in [0.15, 0.2) is 0 Å². The Balaban J connectivity index is 3.89. The lowest BCUT2D eigenvalue weighted by atomic mass is 9.90. The highest BCUT2D eigenvalue weighted by atomic mass is 19.4. The second kappa shape index (κ2) is 5.53. The van der Waals surface area contributed by atoms with E-state index in [-0.39, 0.29) is 0 Å². The van der Waals surface area contributed by atoms with E-state index in [0.29, 0.717) is 19.0 Å². The number of hydrogen-bond donors (Lipinski definition) is 0. The Morgan fingerprint density at radius 1 is 1.23 bits per heavy atom. The van der Waals surface area contributed by atoms with Crippen LogP contribution in [0.25, 0.3) is 0 Å². The van der Waals surface area contributed by atoms with E-state index in [1.54, 1.807) is 6.92 Å². The summed E-state index contributed by atoms with van der Waals surface area (Å²) < 4.78 is 36.2. The molecule has 0 radical (unpaired) electrons. The van der Waals surface area contributed by atoms with Crippen molar-refractivity contribution >= 4 is 6.98 Å². The van der Waals surface area contributed by atoms with Crippen LogP contribution in [0.3, 0.4) is 0 Å². The summed E-state index contributed by atoms with van der Waals surface area (Å²) in [6, 6.07) is 0. The third-order valence-electron chi connectivity index (χ3n) is 2.18. The normalized spacial score (nSPS) is 15.0. The fourth-order valence-electron chi connectivity index (χ4n) is 1.20. The lowest BCUT2D eigenvalue weighted by molar-refractivity contribution is 0.252. The highest BCUT2D eigenvalue weighted by molar-refractivity contribution is 6.58. The lowest BCUT2D eigenvalue weighted by Crippen LogP contribution is -2.40. The van der Waals surface area contributed by atoms with E-state index in [1.165, 1.54) is 4.90 Å². The molecule has 0 aromatic heterocycles. The molecule has 0 bridgehead atoms. The molecule has 0 amide bonds. The second-order valence-corrected chi connectivity index (χ2v) is 3.58. The molecule has 0 aliphatic heterocycles. The molecular weight excluding hydrogens is 178 g/mol. The fourth-order valence-corrected chi connectivity index (χ4v) is 1.20. The van der Waals surface area contributed by atoms with Gasteiger partial charge in [-0.1, -0.05) is 27.2 Å². The van der Waals surface area contributed by atoms with Crippen LogP contribution < -0.4 is 0 Å². The maximum absolute atomic E-state index is 12.1. The largest absolute Gasteiger partial charge is 0.492 e. The smallest absolute Gasteiger partial charge is 0.448 e. The standard InChI is InChI=1S/C8H18BF3N/c1-4-8(3)6-13(5-2)7-9(10,11)12/h8H,4-7H2,1-3H3/q-1. The number of halogens is 3. The van der Waals surface area contributed by atoms with Gasteiger partial charge in [-0.25, -0.2) is 0 Å². The molecule has 1 nitrogen and oxygen atoms in total. The van der Waals surface area contributed by atoms with Gasteiger partial charge in [-0.15, -0.1) is 0 Å². The summed E-state index contributed by atoms with van der Waals surface area (Å²) in [6.45, 7) is 2.11. The number of rotatable bonds is 6. The zero-order valence-electron chi connectivity index (χ0n) is 8.56. The SMILES string of the molecule is CCC(C)CN(CC)C[B-](F)(F)F. The molecule has 0 spiro atoms. The van der Waals surface area contributed by atoms with Crippen LogP contribution in [0.2, 0.25) is 0 Å². The predicted molar refractivity (Wildman–Crippen MR) is 50.6 cm³/mol. The van der Waals surface area contributed by atoms with Crippen LogP contribution in [0.1, 0.15) is 27.2 Å². The summed E-state index contributed by atoms with van der Waals surface area (Å²) in [5.74, 6) is 0.345. The molecule has 0 N–H and O–H groups in total.